The average Bonchev–Trinajstić information content (AvgIpc) is 3.20. The molecule has 1 aromatic carbocycles. The van der Waals surface area contributed by atoms with Crippen molar-refractivity contribution in [1.29, 1.82) is 0 Å². The lowest BCUT2D eigenvalue weighted by Crippen LogP contribution is -2.35. The van der Waals surface area contributed by atoms with Crippen molar-refractivity contribution < 1.29 is 32.2 Å². The second kappa shape index (κ2) is 8.91. The molecule has 1 saturated heterocycles. The standard InChI is InChI=1S/C23H22F4N4O4/c1-12(16-9-17-19(28-13(2)29-20(17)33)30-18(16)23(25,26)27)35-15-5-3-14(4-6-15)21(34)31-8-7-22(24,10-31)11-32/h3-6,9,12,32H,7-8,10-11H2,1-2H3,(H,28,29,30,33)/t12-,22-/m1/s1. The molecule has 0 bridgehead atoms. The number of hydrogen-bond donors (Lipinski definition) is 2. The molecule has 1 aliphatic rings. The number of H-pyrrole nitrogens is 1. The summed E-state index contributed by atoms with van der Waals surface area (Å²) in [6, 6.07) is 6.73. The van der Waals surface area contributed by atoms with E-state index < -0.39 is 41.7 Å². The summed E-state index contributed by atoms with van der Waals surface area (Å²) in [5.41, 5.74) is -4.09. The fraction of sp³-hybridized carbons (Fsp3) is 0.391. The summed E-state index contributed by atoms with van der Waals surface area (Å²) in [5.74, 6) is -0.121. The minimum absolute atomic E-state index is 0.0349. The van der Waals surface area contributed by atoms with Crippen molar-refractivity contribution in [2.45, 2.75) is 38.2 Å². The van der Waals surface area contributed by atoms with Gasteiger partial charge in [0.2, 0.25) is 0 Å². The van der Waals surface area contributed by atoms with E-state index in [1.54, 1.807) is 0 Å². The molecule has 2 atom stereocenters. The fourth-order valence-electron chi connectivity index (χ4n) is 3.99. The van der Waals surface area contributed by atoms with Gasteiger partial charge in [-0.3, -0.25) is 9.59 Å². The maximum Gasteiger partial charge on any atom is 0.433 e. The molecule has 0 saturated carbocycles. The van der Waals surface area contributed by atoms with Gasteiger partial charge < -0.3 is 19.7 Å². The number of carbonyl (C=O) groups is 1. The van der Waals surface area contributed by atoms with Gasteiger partial charge in [-0.05, 0) is 44.2 Å². The number of aromatic nitrogens is 3. The number of pyridine rings is 1. The molecule has 0 spiro atoms. The van der Waals surface area contributed by atoms with Gasteiger partial charge in [0.1, 0.15) is 17.7 Å². The van der Waals surface area contributed by atoms with Gasteiger partial charge in [-0.2, -0.15) is 13.2 Å². The second-order valence-corrected chi connectivity index (χ2v) is 8.52. The van der Waals surface area contributed by atoms with Gasteiger partial charge in [-0.1, -0.05) is 0 Å². The third-order valence-electron chi connectivity index (χ3n) is 5.84. The predicted molar refractivity (Wildman–Crippen MR) is 117 cm³/mol. The lowest BCUT2D eigenvalue weighted by atomic mass is 10.1. The number of nitrogens with zero attached hydrogens (tertiary/aromatic N) is 3. The number of aryl methyl sites for hydroxylation is 1. The molecule has 0 unspecified atom stereocenters. The number of likely N-dealkylation sites (tertiary alicyclic amines) is 1. The Balaban J connectivity index is 1.58. The summed E-state index contributed by atoms with van der Waals surface area (Å²) in [6.45, 7) is 2.09. The van der Waals surface area contributed by atoms with Gasteiger partial charge in [0.25, 0.3) is 11.5 Å². The van der Waals surface area contributed by atoms with Crippen LogP contribution < -0.4 is 10.3 Å². The number of carbonyl (C=O) groups excluding carboxylic acids is 1. The number of benzene rings is 1. The summed E-state index contributed by atoms with van der Waals surface area (Å²) in [6.07, 6.45) is -5.93. The van der Waals surface area contributed by atoms with Crippen LogP contribution in [-0.2, 0) is 6.18 Å². The fourth-order valence-corrected chi connectivity index (χ4v) is 3.99. The van der Waals surface area contributed by atoms with Crippen LogP contribution in [0, 0.1) is 6.92 Å². The van der Waals surface area contributed by atoms with Gasteiger partial charge in [0.05, 0.1) is 18.5 Å². The molecule has 186 valence electrons. The zero-order chi connectivity index (χ0) is 25.5. The number of aromatic amines is 1. The number of alkyl halides is 4. The highest BCUT2D eigenvalue weighted by molar-refractivity contribution is 5.94. The Bertz CT molecular complexity index is 1330. The minimum atomic E-state index is -4.81. The van der Waals surface area contributed by atoms with Crippen LogP contribution in [0.4, 0.5) is 17.6 Å². The first-order chi connectivity index (χ1) is 16.4. The lowest BCUT2D eigenvalue weighted by molar-refractivity contribution is -0.142. The molecule has 1 fully saturated rings. The Kier molecular flexibility index (Phi) is 6.26. The molecular formula is C23H22F4N4O4. The number of halogens is 4. The summed E-state index contributed by atoms with van der Waals surface area (Å²) < 4.78 is 61.1. The quantitative estimate of drug-likeness (QED) is 0.527. The van der Waals surface area contributed by atoms with E-state index in [0.717, 1.165) is 6.07 Å². The number of fused-ring (bicyclic) bond motifs is 1. The third kappa shape index (κ3) is 4.97. The van der Waals surface area contributed by atoms with Crippen molar-refractivity contribution in [2.75, 3.05) is 19.7 Å². The molecule has 12 heteroatoms. The number of aliphatic hydroxyl groups excluding tert-OH is 1. The number of nitrogens with one attached hydrogen (secondary N) is 1. The summed E-state index contributed by atoms with van der Waals surface area (Å²) in [7, 11) is 0. The van der Waals surface area contributed by atoms with Crippen molar-refractivity contribution in [3.05, 3.63) is 63.3 Å². The van der Waals surface area contributed by atoms with Gasteiger partial charge in [0.15, 0.2) is 17.0 Å². The van der Waals surface area contributed by atoms with E-state index in [0.29, 0.717) is 0 Å². The van der Waals surface area contributed by atoms with E-state index in [1.165, 1.54) is 43.0 Å². The normalized spacial score (nSPS) is 19.2. The third-order valence-corrected chi connectivity index (χ3v) is 5.84. The number of aliphatic hydroxyl groups is 1. The van der Waals surface area contributed by atoms with E-state index in [-0.39, 0.29) is 53.2 Å². The van der Waals surface area contributed by atoms with Gasteiger partial charge in [-0.15, -0.1) is 0 Å². The molecule has 2 aromatic heterocycles. The Hall–Kier alpha value is -3.54. The van der Waals surface area contributed by atoms with Gasteiger partial charge in [-0.25, -0.2) is 14.4 Å². The van der Waals surface area contributed by atoms with E-state index in [2.05, 4.69) is 15.0 Å². The summed E-state index contributed by atoms with van der Waals surface area (Å²) >= 11 is 0. The SMILES string of the molecule is Cc1nc2nc(C(F)(F)F)c([C@@H](C)Oc3ccc(C(=O)N4CC[C@](F)(CO)C4)cc3)cc2c(=O)[nH]1. The van der Waals surface area contributed by atoms with Crippen molar-refractivity contribution >= 4 is 16.9 Å². The topological polar surface area (TPSA) is 108 Å². The Labute approximate surface area is 196 Å². The van der Waals surface area contributed by atoms with Crippen molar-refractivity contribution in [2.24, 2.45) is 0 Å². The van der Waals surface area contributed by atoms with Crippen molar-refractivity contribution in [1.82, 2.24) is 19.9 Å². The Morgan fingerprint density at radius 2 is 1.97 bits per heavy atom. The number of amides is 1. The molecular weight excluding hydrogens is 472 g/mol. The number of hydrogen-bond acceptors (Lipinski definition) is 6. The number of rotatable bonds is 5. The Morgan fingerprint density at radius 3 is 2.57 bits per heavy atom. The van der Waals surface area contributed by atoms with Crippen LogP contribution in [0.1, 0.15) is 46.9 Å². The summed E-state index contributed by atoms with van der Waals surface area (Å²) in [5, 5.41) is 9.03. The molecule has 1 amide bonds. The van der Waals surface area contributed by atoms with Crippen LogP contribution in [0.2, 0.25) is 0 Å². The first-order valence-electron chi connectivity index (χ1n) is 10.7. The highest BCUT2D eigenvalue weighted by Gasteiger charge is 2.40. The van der Waals surface area contributed by atoms with Crippen LogP contribution in [0.15, 0.2) is 35.1 Å². The Morgan fingerprint density at radius 1 is 1.29 bits per heavy atom. The zero-order valence-corrected chi connectivity index (χ0v) is 18.8. The summed E-state index contributed by atoms with van der Waals surface area (Å²) in [4.78, 5) is 36.0. The van der Waals surface area contributed by atoms with Gasteiger partial charge >= 0.3 is 6.18 Å². The first-order valence-corrected chi connectivity index (χ1v) is 10.7. The highest BCUT2D eigenvalue weighted by Crippen LogP contribution is 2.36. The molecule has 2 N–H and O–H groups in total. The van der Waals surface area contributed by atoms with Crippen molar-refractivity contribution in [3.8, 4) is 5.75 Å². The zero-order valence-electron chi connectivity index (χ0n) is 18.8. The highest BCUT2D eigenvalue weighted by atomic mass is 19.4. The maximum atomic E-state index is 14.2. The van der Waals surface area contributed by atoms with Crippen LogP contribution in [0.25, 0.3) is 11.0 Å². The van der Waals surface area contributed by atoms with Crippen LogP contribution in [0.3, 0.4) is 0 Å². The second-order valence-electron chi connectivity index (χ2n) is 8.52. The molecule has 0 radical (unpaired) electrons. The molecule has 8 nitrogen and oxygen atoms in total. The molecule has 0 aliphatic carbocycles. The van der Waals surface area contributed by atoms with Gasteiger partial charge in [0, 0.05) is 24.1 Å². The van der Waals surface area contributed by atoms with E-state index in [4.69, 9.17) is 9.84 Å². The van der Waals surface area contributed by atoms with E-state index in [9.17, 15) is 27.2 Å². The molecule has 1 aliphatic heterocycles. The average molecular weight is 494 g/mol. The molecule has 35 heavy (non-hydrogen) atoms. The van der Waals surface area contributed by atoms with Crippen LogP contribution in [0.5, 0.6) is 5.75 Å². The molecule has 3 heterocycles. The molecule has 3 aromatic rings. The van der Waals surface area contributed by atoms with Crippen LogP contribution >= 0.6 is 0 Å². The first kappa shape index (κ1) is 24.6. The molecule has 4 rings (SSSR count). The largest absolute Gasteiger partial charge is 0.486 e. The van der Waals surface area contributed by atoms with E-state index >= 15 is 0 Å². The predicted octanol–water partition coefficient (Wildman–Crippen LogP) is 3.33. The monoisotopic (exact) mass is 494 g/mol. The number of ether oxygens (including phenoxy) is 1. The van der Waals surface area contributed by atoms with Crippen molar-refractivity contribution in [3.63, 3.8) is 0 Å². The maximum absolute atomic E-state index is 14.2. The van der Waals surface area contributed by atoms with E-state index in [1.807, 2.05) is 0 Å². The lowest BCUT2D eigenvalue weighted by Gasteiger charge is -2.20. The minimum Gasteiger partial charge on any atom is -0.486 e. The van der Waals surface area contributed by atoms with Crippen LogP contribution in [-0.4, -0.2) is 56.2 Å². The smallest absolute Gasteiger partial charge is 0.433 e.